The first-order valence-corrected chi connectivity index (χ1v) is 10.7. The molecule has 144 valence electrons. The lowest BCUT2D eigenvalue weighted by molar-refractivity contribution is 0.788. The lowest BCUT2D eigenvalue weighted by atomic mass is 9.92. The molecule has 4 aromatic carbocycles. The number of hydrogen-bond donors (Lipinski definition) is 1. The maximum atomic E-state index is 3.72. The first-order valence-electron chi connectivity index (χ1n) is 10.7. The van der Waals surface area contributed by atoms with Gasteiger partial charge in [-0.25, -0.2) is 0 Å². The van der Waals surface area contributed by atoms with E-state index in [0.29, 0.717) is 6.04 Å². The van der Waals surface area contributed by atoms with Gasteiger partial charge in [0.1, 0.15) is 0 Å². The highest BCUT2D eigenvalue weighted by Crippen LogP contribution is 2.39. The molecule has 0 fully saturated rings. The van der Waals surface area contributed by atoms with Gasteiger partial charge in [-0.1, -0.05) is 84.9 Å². The Balaban J connectivity index is 1.26. The van der Waals surface area contributed by atoms with Gasteiger partial charge < -0.3 is 5.32 Å². The molecule has 0 saturated carbocycles. The molecular formula is C29H23N. The Bertz CT molecular complexity index is 1260. The number of hydrogen-bond acceptors (Lipinski definition) is 1. The van der Waals surface area contributed by atoms with Gasteiger partial charge >= 0.3 is 0 Å². The number of benzene rings is 4. The summed E-state index contributed by atoms with van der Waals surface area (Å²) in [5.41, 5.74) is 12.0. The lowest BCUT2D eigenvalue weighted by Gasteiger charge is -2.24. The monoisotopic (exact) mass is 385 g/mol. The standard InChI is InChI=1S/C29H23N/c1-4-10-27-21(6-1)8-5-11-29(27)30-25-16-14-20(15-17-25)22-12-13-24-18-23-7-2-3-9-26(23)28(24)19-22/h1-10,12-17,19,29-30H,11,18H2. The van der Waals surface area contributed by atoms with E-state index in [1.165, 1.54) is 50.2 Å². The number of rotatable bonds is 3. The highest BCUT2D eigenvalue weighted by molar-refractivity contribution is 5.81. The third kappa shape index (κ3) is 2.95. The number of fused-ring (bicyclic) bond motifs is 4. The molecule has 2 aliphatic rings. The van der Waals surface area contributed by atoms with Crippen LogP contribution in [0.3, 0.4) is 0 Å². The van der Waals surface area contributed by atoms with Crippen molar-refractivity contribution < 1.29 is 0 Å². The summed E-state index contributed by atoms with van der Waals surface area (Å²) in [4.78, 5) is 0. The molecule has 0 aromatic heterocycles. The van der Waals surface area contributed by atoms with Gasteiger partial charge in [-0.05, 0) is 75.5 Å². The highest BCUT2D eigenvalue weighted by atomic mass is 14.9. The summed E-state index contributed by atoms with van der Waals surface area (Å²) in [6, 6.07) is 33.5. The molecule has 0 radical (unpaired) electrons. The Morgan fingerprint density at radius 1 is 0.667 bits per heavy atom. The zero-order chi connectivity index (χ0) is 19.9. The molecule has 0 amide bonds. The maximum absolute atomic E-state index is 3.72. The normalized spacial score (nSPS) is 15.9. The quantitative estimate of drug-likeness (QED) is 0.339. The van der Waals surface area contributed by atoms with Gasteiger partial charge in [0.2, 0.25) is 0 Å². The summed E-state index contributed by atoms with van der Waals surface area (Å²) < 4.78 is 0. The molecule has 0 bridgehead atoms. The molecular weight excluding hydrogens is 362 g/mol. The number of anilines is 1. The second-order valence-corrected chi connectivity index (χ2v) is 8.25. The molecule has 1 atom stereocenters. The average Bonchev–Trinajstić information content (AvgIpc) is 3.18. The molecule has 0 heterocycles. The second-order valence-electron chi connectivity index (χ2n) is 8.25. The van der Waals surface area contributed by atoms with Crippen molar-refractivity contribution >= 4 is 11.8 Å². The van der Waals surface area contributed by atoms with Crippen molar-refractivity contribution in [2.75, 3.05) is 5.32 Å². The van der Waals surface area contributed by atoms with Crippen LogP contribution in [0.25, 0.3) is 28.3 Å². The molecule has 6 rings (SSSR count). The van der Waals surface area contributed by atoms with Crippen molar-refractivity contribution in [3.05, 3.63) is 119 Å². The Morgan fingerprint density at radius 3 is 2.37 bits per heavy atom. The van der Waals surface area contributed by atoms with Crippen molar-refractivity contribution in [2.24, 2.45) is 0 Å². The van der Waals surface area contributed by atoms with Crippen molar-refractivity contribution in [3.8, 4) is 22.3 Å². The summed E-state index contributed by atoms with van der Waals surface area (Å²) in [6.45, 7) is 0. The fourth-order valence-electron chi connectivity index (χ4n) is 4.84. The minimum absolute atomic E-state index is 0.327. The van der Waals surface area contributed by atoms with Crippen LogP contribution in [-0.4, -0.2) is 0 Å². The van der Waals surface area contributed by atoms with Gasteiger partial charge in [-0.15, -0.1) is 0 Å². The van der Waals surface area contributed by atoms with Crippen molar-refractivity contribution in [1.29, 1.82) is 0 Å². The van der Waals surface area contributed by atoms with E-state index in [-0.39, 0.29) is 0 Å². The smallest absolute Gasteiger partial charge is 0.0554 e. The van der Waals surface area contributed by atoms with Crippen molar-refractivity contribution in [2.45, 2.75) is 18.9 Å². The van der Waals surface area contributed by atoms with Crippen LogP contribution in [0.1, 0.15) is 34.7 Å². The predicted octanol–water partition coefficient (Wildman–Crippen LogP) is 7.49. The first kappa shape index (κ1) is 17.3. The van der Waals surface area contributed by atoms with E-state index in [0.717, 1.165) is 12.8 Å². The van der Waals surface area contributed by atoms with Crippen LogP contribution in [0.5, 0.6) is 0 Å². The predicted molar refractivity (Wildman–Crippen MR) is 127 cm³/mol. The van der Waals surface area contributed by atoms with Crippen LogP contribution >= 0.6 is 0 Å². The lowest BCUT2D eigenvalue weighted by Crippen LogP contribution is -2.13. The molecule has 1 unspecified atom stereocenters. The SMILES string of the molecule is C1=Cc2ccccc2C(Nc2ccc(-c3ccc4c(c3)-c3ccccc3C4)cc2)C1. The minimum atomic E-state index is 0.327. The first-order chi connectivity index (χ1) is 14.8. The maximum Gasteiger partial charge on any atom is 0.0554 e. The summed E-state index contributed by atoms with van der Waals surface area (Å²) in [5.74, 6) is 0. The third-order valence-electron chi connectivity index (χ3n) is 6.40. The van der Waals surface area contributed by atoms with E-state index in [1.807, 2.05) is 0 Å². The second kappa shape index (κ2) is 7.03. The van der Waals surface area contributed by atoms with Crippen LogP contribution in [0.15, 0.2) is 97.1 Å². The Hall–Kier alpha value is -3.58. The van der Waals surface area contributed by atoms with Gasteiger partial charge in [0.15, 0.2) is 0 Å². The largest absolute Gasteiger partial charge is 0.378 e. The molecule has 1 heteroatoms. The molecule has 4 aromatic rings. The molecule has 30 heavy (non-hydrogen) atoms. The molecule has 1 nitrogen and oxygen atoms in total. The Labute approximate surface area is 177 Å². The molecule has 0 saturated heterocycles. The van der Waals surface area contributed by atoms with E-state index < -0.39 is 0 Å². The third-order valence-corrected chi connectivity index (χ3v) is 6.40. The van der Waals surface area contributed by atoms with Crippen LogP contribution in [0.4, 0.5) is 5.69 Å². The summed E-state index contributed by atoms with van der Waals surface area (Å²) in [6.07, 6.45) is 6.55. The molecule has 0 aliphatic heterocycles. The van der Waals surface area contributed by atoms with E-state index >= 15 is 0 Å². The topological polar surface area (TPSA) is 12.0 Å². The van der Waals surface area contributed by atoms with Crippen LogP contribution in [0, 0.1) is 0 Å². The number of nitrogens with one attached hydrogen (secondary N) is 1. The van der Waals surface area contributed by atoms with Crippen LogP contribution in [-0.2, 0) is 6.42 Å². The zero-order valence-corrected chi connectivity index (χ0v) is 16.8. The van der Waals surface area contributed by atoms with Gasteiger partial charge in [-0.3, -0.25) is 0 Å². The summed E-state index contributed by atoms with van der Waals surface area (Å²) >= 11 is 0. The van der Waals surface area contributed by atoms with Gasteiger partial charge in [0.25, 0.3) is 0 Å². The summed E-state index contributed by atoms with van der Waals surface area (Å²) in [5, 5.41) is 3.72. The fraction of sp³-hybridized carbons (Fsp3) is 0.103. The molecule has 0 spiro atoms. The minimum Gasteiger partial charge on any atom is -0.378 e. The van der Waals surface area contributed by atoms with Crippen molar-refractivity contribution in [3.63, 3.8) is 0 Å². The Morgan fingerprint density at radius 2 is 1.43 bits per heavy atom. The van der Waals surface area contributed by atoms with Crippen LogP contribution in [0.2, 0.25) is 0 Å². The van der Waals surface area contributed by atoms with Gasteiger partial charge in [0, 0.05) is 5.69 Å². The zero-order valence-electron chi connectivity index (χ0n) is 16.8. The van der Waals surface area contributed by atoms with Crippen LogP contribution < -0.4 is 5.32 Å². The van der Waals surface area contributed by atoms with E-state index in [2.05, 4.69) is 108 Å². The van der Waals surface area contributed by atoms with E-state index in [4.69, 9.17) is 0 Å². The van der Waals surface area contributed by atoms with Crippen molar-refractivity contribution in [1.82, 2.24) is 0 Å². The highest BCUT2D eigenvalue weighted by Gasteiger charge is 2.19. The fourth-order valence-corrected chi connectivity index (χ4v) is 4.84. The van der Waals surface area contributed by atoms with E-state index in [9.17, 15) is 0 Å². The van der Waals surface area contributed by atoms with Gasteiger partial charge in [-0.2, -0.15) is 0 Å². The Kier molecular flexibility index (Phi) is 4.06. The molecule has 2 aliphatic carbocycles. The van der Waals surface area contributed by atoms with Gasteiger partial charge in [0.05, 0.1) is 6.04 Å². The van der Waals surface area contributed by atoms with E-state index in [1.54, 1.807) is 0 Å². The summed E-state index contributed by atoms with van der Waals surface area (Å²) in [7, 11) is 0. The molecule has 1 N–H and O–H groups in total. The average molecular weight is 386 g/mol.